The van der Waals surface area contributed by atoms with Gasteiger partial charge >= 0.3 is 5.97 Å². The highest BCUT2D eigenvalue weighted by atomic mass is 32.2. The van der Waals surface area contributed by atoms with Crippen LogP contribution in [0.15, 0.2) is 27.6 Å². The number of anilines is 1. The molecular formula is C20H25N3O6S. The molecule has 3 rings (SSSR count). The molecule has 0 spiro atoms. The molecule has 1 aliphatic heterocycles. The fourth-order valence-electron chi connectivity index (χ4n) is 3.58. The van der Waals surface area contributed by atoms with E-state index in [0.29, 0.717) is 36.3 Å². The molecule has 1 atom stereocenters. The molecule has 0 bridgehead atoms. The molecule has 0 saturated carbocycles. The number of methoxy groups -OCH3 is 1. The first kappa shape index (κ1) is 22.0. The molecular weight excluding hydrogens is 410 g/mol. The molecule has 2 heterocycles. The molecule has 1 saturated heterocycles. The molecule has 0 aliphatic carbocycles. The highest BCUT2D eigenvalue weighted by Crippen LogP contribution is 2.28. The van der Waals surface area contributed by atoms with E-state index in [-0.39, 0.29) is 23.1 Å². The van der Waals surface area contributed by atoms with Crippen molar-refractivity contribution in [3.05, 3.63) is 40.8 Å². The van der Waals surface area contributed by atoms with Crippen LogP contribution in [0.25, 0.3) is 0 Å². The average Bonchev–Trinajstić information content (AvgIpc) is 3.07. The van der Waals surface area contributed by atoms with Gasteiger partial charge in [0.1, 0.15) is 10.6 Å². The van der Waals surface area contributed by atoms with E-state index in [1.54, 1.807) is 32.0 Å². The smallest absolute Gasteiger partial charge is 0.337 e. The van der Waals surface area contributed by atoms with Gasteiger partial charge in [0.2, 0.25) is 15.9 Å². The molecule has 1 aromatic heterocycles. The van der Waals surface area contributed by atoms with E-state index in [9.17, 15) is 18.0 Å². The van der Waals surface area contributed by atoms with Crippen LogP contribution in [0.2, 0.25) is 0 Å². The third kappa shape index (κ3) is 4.24. The number of hydrogen-bond donors (Lipinski definition) is 1. The Labute approximate surface area is 175 Å². The lowest BCUT2D eigenvalue weighted by atomic mass is 9.98. The highest BCUT2D eigenvalue weighted by molar-refractivity contribution is 7.89. The average molecular weight is 436 g/mol. The second-order valence-corrected chi connectivity index (χ2v) is 9.24. The van der Waals surface area contributed by atoms with Gasteiger partial charge < -0.3 is 14.6 Å². The van der Waals surface area contributed by atoms with Gasteiger partial charge in [-0.1, -0.05) is 11.2 Å². The first-order chi connectivity index (χ1) is 14.1. The Morgan fingerprint density at radius 2 is 2.00 bits per heavy atom. The Morgan fingerprint density at radius 3 is 2.63 bits per heavy atom. The maximum atomic E-state index is 13.1. The van der Waals surface area contributed by atoms with Crippen molar-refractivity contribution in [2.45, 2.75) is 38.5 Å². The zero-order valence-corrected chi connectivity index (χ0v) is 18.2. The van der Waals surface area contributed by atoms with Gasteiger partial charge in [0, 0.05) is 18.8 Å². The maximum absolute atomic E-state index is 13.1. The molecule has 2 aromatic rings. The molecule has 0 unspecified atom stereocenters. The van der Waals surface area contributed by atoms with Crippen LogP contribution in [0, 0.1) is 26.7 Å². The first-order valence-corrected chi connectivity index (χ1v) is 11.0. The Morgan fingerprint density at radius 1 is 1.27 bits per heavy atom. The fraction of sp³-hybridized carbons (Fsp3) is 0.450. The number of aryl methyl sites for hydroxylation is 3. The number of nitrogens with zero attached hydrogens (tertiary/aromatic N) is 2. The predicted octanol–water partition coefficient (Wildman–Crippen LogP) is 2.43. The molecule has 1 fully saturated rings. The van der Waals surface area contributed by atoms with Gasteiger partial charge in [0.05, 0.1) is 18.6 Å². The number of hydrogen-bond acceptors (Lipinski definition) is 7. The summed E-state index contributed by atoms with van der Waals surface area (Å²) in [6, 6.07) is 4.90. The van der Waals surface area contributed by atoms with Crippen molar-refractivity contribution in [3.8, 4) is 0 Å². The number of sulfonamides is 1. The summed E-state index contributed by atoms with van der Waals surface area (Å²) in [5.41, 5.74) is 1.90. The Hall–Kier alpha value is -2.72. The van der Waals surface area contributed by atoms with Gasteiger partial charge in [0.15, 0.2) is 5.76 Å². The minimum atomic E-state index is -3.81. The molecule has 9 nitrogen and oxygen atoms in total. The van der Waals surface area contributed by atoms with Crippen molar-refractivity contribution in [1.82, 2.24) is 9.46 Å². The van der Waals surface area contributed by atoms with Crippen molar-refractivity contribution >= 4 is 27.6 Å². The van der Waals surface area contributed by atoms with E-state index in [1.165, 1.54) is 11.4 Å². The van der Waals surface area contributed by atoms with Gasteiger partial charge in [-0.2, -0.15) is 4.31 Å². The molecule has 1 aliphatic rings. The number of esters is 1. The number of amides is 1. The topological polar surface area (TPSA) is 119 Å². The van der Waals surface area contributed by atoms with Gasteiger partial charge in [-0.25, -0.2) is 13.2 Å². The molecule has 1 amide bonds. The van der Waals surface area contributed by atoms with Crippen LogP contribution in [0.4, 0.5) is 5.69 Å². The number of piperidine rings is 1. The summed E-state index contributed by atoms with van der Waals surface area (Å²) in [6.07, 6.45) is 1.12. The molecule has 162 valence electrons. The van der Waals surface area contributed by atoms with Gasteiger partial charge in [-0.3, -0.25) is 4.79 Å². The lowest BCUT2D eigenvalue weighted by Crippen LogP contribution is -2.44. The minimum absolute atomic E-state index is 0.0604. The van der Waals surface area contributed by atoms with Gasteiger partial charge in [0.25, 0.3) is 0 Å². The molecule has 0 radical (unpaired) electrons. The van der Waals surface area contributed by atoms with E-state index in [4.69, 9.17) is 9.26 Å². The Bertz CT molecular complexity index is 1060. The summed E-state index contributed by atoms with van der Waals surface area (Å²) in [4.78, 5) is 24.7. The van der Waals surface area contributed by atoms with Crippen LogP contribution in [0.1, 0.15) is 40.2 Å². The largest absolute Gasteiger partial charge is 0.465 e. The van der Waals surface area contributed by atoms with E-state index < -0.39 is 21.9 Å². The third-order valence-electron chi connectivity index (χ3n) is 5.24. The standard InChI is InChI=1S/C20H25N3O6S/c1-12-7-8-15(20(25)28-4)10-17(12)21-19(24)16-6-5-9-23(11-16)30(26,27)18-13(2)22-29-14(18)3/h7-8,10,16H,5-6,9,11H2,1-4H3,(H,21,24)/t16-/m1/s1. The van der Waals surface area contributed by atoms with Crippen LogP contribution in [0.5, 0.6) is 0 Å². The SMILES string of the molecule is COC(=O)c1ccc(C)c(NC(=O)[C@@H]2CCCN(S(=O)(=O)c3c(C)noc3C)C2)c1. The van der Waals surface area contributed by atoms with E-state index >= 15 is 0 Å². The molecule has 1 N–H and O–H groups in total. The summed E-state index contributed by atoms with van der Waals surface area (Å²) in [6.45, 7) is 5.33. The monoisotopic (exact) mass is 435 g/mol. The summed E-state index contributed by atoms with van der Waals surface area (Å²) in [7, 11) is -2.52. The number of nitrogens with one attached hydrogen (secondary N) is 1. The van der Waals surface area contributed by atoms with Crippen LogP contribution in [-0.4, -0.2) is 50.0 Å². The summed E-state index contributed by atoms with van der Waals surface area (Å²) >= 11 is 0. The van der Waals surface area contributed by atoms with Crippen LogP contribution < -0.4 is 5.32 Å². The van der Waals surface area contributed by atoms with Crippen LogP contribution in [0.3, 0.4) is 0 Å². The third-order valence-corrected chi connectivity index (χ3v) is 7.35. The van der Waals surface area contributed by atoms with Crippen molar-refractivity contribution in [2.75, 3.05) is 25.5 Å². The van der Waals surface area contributed by atoms with Crippen LogP contribution >= 0.6 is 0 Å². The van der Waals surface area contributed by atoms with Gasteiger partial charge in [-0.15, -0.1) is 0 Å². The number of carbonyl (C=O) groups excluding carboxylic acids is 2. The van der Waals surface area contributed by atoms with E-state index in [1.807, 2.05) is 6.92 Å². The van der Waals surface area contributed by atoms with Crippen molar-refractivity contribution in [2.24, 2.45) is 5.92 Å². The van der Waals surface area contributed by atoms with Crippen molar-refractivity contribution in [3.63, 3.8) is 0 Å². The molecule has 1 aromatic carbocycles. The number of benzene rings is 1. The second kappa shape index (κ2) is 8.57. The maximum Gasteiger partial charge on any atom is 0.337 e. The van der Waals surface area contributed by atoms with Crippen molar-refractivity contribution in [1.29, 1.82) is 0 Å². The van der Waals surface area contributed by atoms with Gasteiger partial charge in [-0.05, 0) is 51.3 Å². The van der Waals surface area contributed by atoms with E-state index in [2.05, 4.69) is 10.5 Å². The first-order valence-electron chi connectivity index (χ1n) is 9.58. The molecule has 10 heteroatoms. The van der Waals surface area contributed by atoms with E-state index in [0.717, 1.165) is 5.56 Å². The molecule has 30 heavy (non-hydrogen) atoms. The lowest BCUT2D eigenvalue weighted by molar-refractivity contribution is -0.120. The normalized spacial score (nSPS) is 17.5. The van der Waals surface area contributed by atoms with Crippen LogP contribution in [-0.2, 0) is 19.6 Å². The number of rotatable bonds is 5. The number of ether oxygens (including phenoxy) is 1. The summed E-state index contributed by atoms with van der Waals surface area (Å²) < 4.78 is 37.2. The Kier molecular flexibility index (Phi) is 6.27. The lowest BCUT2D eigenvalue weighted by Gasteiger charge is -2.31. The summed E-state index contributed by atoms with van der Waals surface area (Å²) in [5, 5.41) is 6.56. The summed E-state index contributed by atoms with van der Waals surface area (Å²) in [5.74, 6) is -1.08. The minimum Gasteiger partial charge on any atom is -0.465 e. The fourth-order valence-corrected chi connectivity index (χ4v) is 5.40. The zero-order valence-electron chi connectivity index (χ0n) is 17.4. The number of carbonyl (C=O) groups is 2. The Balaban J connectivity index is 1.78. The predicted molar refractivity (Wildman–Crippen MR) is 109 cm³/mol. The van der Waals surface area contributed by atoms with Crippen molar-refractivity contribution < 1.29 is 27.3 Å². The zero-order chi connectivity index (χ0) is 22.1. The quantitative estimate of drug-likeness (QED) is 0.716. The number of aromatic nitrogens is 1. The highest BCUT2D eigenvalue weighted by Gasteiger charge is 2.36. The second-order valence-electron chi connectivity index (χ2n) is 7.37.